The molecule has 0 amide bonds. The Kier molecular flexibility index (Phi) is 8.20. The van der Waals surface area contributed by atoms with E-state index in [1.165, 1.54) is 12.1 Å². The van der Waals surface area contributed by atoms with Gasteiger partial charge in [-0.25, -0.2) is 0 Å². The van der Waals surface area contributed by atoms with Crippen LogP contribution in [0.15, 0.2) is 24.3 Å². The molecule has 0 bridgehead atoms. The van der Waals surface area contributed by atoms with Crippen molar-refractivity contribution in [2.45, 2.75) is 24.4 Å². The Bertz CT molecular complexity index is 458. The standard InChI is InChI=1S/C15H21F3N2.2ClH/c1-20(2)11-14(6-8-19-9-7-14)12-4-3-5-13(10-12)15(16,17)18;;/h3-5,10,19H,6-9,11H2,1-2H3;2*1H. The number of likely N-dealkylation sites (N-methyl/N-ethyl adjacent to an activating group) is 1. The Morgan fingerprint density at radius 2 is 1.73 bits per heavy atom. The molecular formula is C15H23Cl2F3N2. The molecule has 0 spiro atoms. The summed E-state index contributed by atoms with van der Waals surface area (Å²) in [4.78, 5) is 2.06. The minimum atomic E-state index is -4.28. The van der Waals surface area contributed by atoms with E-state index in [1.807, 2.05) is 20.2 Å². The molecule has 0 aliphatic carbocycles. The molecule has 0 unspecified atom stereocenters. The highest BCUT2D eigenvalue weighted by Crippen LogP contribution is 2.37. The van der Waals surface area contributed by atoms with Crippen molar-refractivity contribution in [1.29, 1.82) is 0 Å². The van der Waals surface area contributed by atoms with Crippen molar-refractivity contribution >= 4 is 24.8 Å². The number of alkyl halides is 3. The third-order valence-corrected chi connectivity index (χ3v) is 3.98. The van der Waals surface area contributed by atoms with E-state index in [0.717, 1.165) is 44.1 Å². The van der Waals surface area contributed by atoms with Crippen molar-refractivity contribution < 1.29 is 13.2 Å². The number of hydrogen-bond donors (Lipinski definition) is 1. The number of benzene rings is 1. The number of rotatable bonds is 3. The first-order chi connectivity index (χ1) is 9.33. The van der Waals surface area contributed by atoms with Crippen LogP contribution in [0.25, 0.3) is 0 Å². The van der Waals surface area contributed by atoms with Gasteiger partial charge in [-0.3, -0.25) is 0 Å². The first-order valence-electron chi connectivity index (χ1n) is 6.87. The zero-order valence-electron chi connectivity index (χ0n) is 12.7. The third-order valence-electron chi connectivity index (χ3n) is 3.98. The maximum Gasteiger partial charge on any atom is 0.416 e. The Balaban J connectivity index is 0.00000220. The van der Waals surface area contributed by atoms with Gasteiger partial charge < -0.3 is 10.2 Å². The van der Waals surface area contributed by atoms with Crippen LogP contribution in [0.1, 0.15) is 24.0 Å². The molecule has 1 N–H and O–H groups in total. The molecule has 0 radical (unpaired) electrons. The second-order valence-corrected chi connectivity index (χ2v) is 5.85. The third kappa shape index (κ3) is 5.01. The lowest BCUT2D eigenvalue weighted by atomic mass is 9.72. The van der Waals surface area contributed by atoms with E-state index in [2.05, 4.69) is 10.2 Å². The van der Waals surface area contributed by atoms with Crippen LogP contribution in [0, 0.1) is 0 Å². The molecule has 1 aromatic carbocycles. The molecule has 22 heavy (non-hydrogen) atoms. The van der Waals surface area contributed by atoms with Gasteiger partial charge in [-0.1, -0.05) is 18.2 Å². The Hall–Kier alpha value is -0.490. The highest BCUT2D eigenvalue weighted by Gasteiger charge is 2.37. The Morgan fingerprint density at radius 3 is 2.23 bits per heavy atom. The smallest absolute Gasteiger partial charge is 0.317 e. The molecule has 1 aromatic rings. The molecule has 1 aliphatic heterocycles. The Labute approximate surface area is 142 Å². The maximum absolute atomic E-state index is 12.9. The molecule has 1 saturated heterocycles. The predicted octanol–water partition coefficient (Wildman–Crippen LogP) is 3.73. The van der Waals surface area contributed by atoms with Gasteiger partial charge in [0.05, 0.1) is 5.56 Å². The van der Waals surface area contributed by atoms with Gasteiger partial charge in [0.2, 0.25) is 0 Å². The zero-order valence-corrected chi connectivity index (χ0v) is 14.4. The van der Waals surface area contributed by atoms with E-state index >= 15 is 0 Å². The van der Waals surface area contributed by atoms with Gasteiger partial charge in [0.15, 0.2) is 0 Å². The molecule has 2 nitrogen and oxygen atoms in total. The van der Waals surface area contributed by atoms with E-state index in [4.69, 9.17) is 0 Å². The first kappa shape index (κ1) is 21.5. The zero-order chi connectivity index (χ0) is 14.8. The molecule has 0 atom stereocenters. The minimum Gasteiger partial charge on any atom is -0.317 e. The highest BCUT2D eigenvalue weighted by atomic mass is 35.5. The highest BCUT2D eigenvalue weighted by molar-refractivity contribution is 5.85. The summed E-state index contributed by atoms with van der Waals surface area (Å²) < 4.78 is 38.7. The van der Waals surface area contributed by atoms with Crippen LogP contribution in [0.4, 0.5) is 13.2 Å². The van der Waals surface area contributed by atoms with Gasteiger partial charge in [-0.15, -0.1) is 24.8 Å². The summed E-state index contributed by atoms with van der Waals surface area (Å²) in [5, 5.41) is 3.29. The number of hydrogen-bond acceptors (Lipinski definition) is 2. The fourth-order valence-corrected chi connectivity index (χ4v) is 3.07. The average Bonchev–Trinajstić information content (AvgIpc) is 2.38. The molecule has 2 rings (SSSR count). The van der Waals surface area contributed by atoms with E-state index in [9.17, 15) is 13.2 Å². The van der Waals surface area contributed by atoms with E-state index in [1.54, 1.807) is 0 Å². The van der Waals surface area contributed by atoms with Gasteiger partial charge in [-0.2, -0.15) is 13.2 Å². The van der Waals surface area contributed by atoms with Crippen LogP contribution < -0.4 is 5.32 Å². The predicted molar refractivity (Wildman–Crippen MR) is 88.3 cm³/mol. The van der Waals surface area contributed by atoms with Crippen molar-refractivity contribution in [3.05, 3.63) is 35.4 Å². The second kappa shape index (κ2) is 8.39. The lowest BCUT2D eigenvalue weighted by molar-refractivity contribution is -0.137. The quantitative estimate of drug-likeness (QED) is 0.885. The summed E-state index contributed by atoms with van der Waals surface area (Å²) in [6.45, 7) is 2.48. The largest absolute Gasteiger partial charge is 0.416 e. The molecule has 128 valence electrons. The van der Waals surface area contributed by atoms with Crippen LogP contribution in [-0.2, 0) is 11.6 Å². The molecule has 7 heteroatoms. The second-order valence-electron chi connectivity index (χ2n) is 5.85. The van der Waals surface area contributed by atoms with Crippen molar-refractivity contribution in [1.82, 2.24) is 10.2 Å². The lowest BCUT2D eigenvalue weighted by Crippen LogP contribution is -2.46. The van der Waals surface area contributed by atoms with Gasteiger partial charge >= 0.3 is 6.18 Å². The fourth-order valence-electron chi connectivity index (χ4n) is 3.07. The molecule has 1 fully saturated rings. The molecule has 1 heterocycles. The molecule has 1 aliphatic rings. The summed E-state index contributed by atoms with van der Waals surface area (Å²) in [5.41, 5.74) is 0.0740. The van der Waals surface area contributed by atoms with Crippen LogP contribution in [-0.4, -0.2) is 38.6 Å². The maximum atomic E-state index is 12.9. The van der Waals surface area contributed by atoms with Gasteiger partial charge in [0.1, 0.15) is 0 Å². The Morgan fingerprint density at radius 1 is 1.14 bits per heavy atom. The van der Waals surface area contributed by atoms with Crippen LogP contribution in [0.3, 0.4) is 0 Å². The number of piperidine rings is 1. The number of nitrogens with one attached hydrogen (secondary N) is 1. The fraction of sp³-hybridized carbons (Fsp3) is 0.600. The van der Waals surface area contributed by atoms with Crippen molar-refractivity contribution in [3.63, 3.8) is 0 Å². The summed E-state index contributed by atoms with van der Waals surface area (Å²) in [5.74, 6) is 0. The molecular weight excluding hydrogens is 336 g/mol. The van der Waals surface area contributed by atoms with Crippen LogP contribution >= 0.6 is 24.8 Å². The van der Waals surface area contributed by atoms with Crippen LogP contribution in [0.5, 0.6) is 0 Å². The molecule has 0 saturated carbocycles. The van der Waals surface area contributed by atoms with E-state index in [0.29, 0.717) is 0 Å². The normalized spacial score (nSPS) is 17.5. The minimum absolute atomic E-state index is 0. The van der Waals surface area contributed by atoms with Crippen molar-refractivity contribution in [3.8, 4) is 0 Å². The average molecular weight is 359 g/mol. The number of nitrogens with zero attached hydrogens (tertiary/aromatic N) is 1. The number of halogens is 5. The SMILES string of the molecule is CN(C)CC1(c2cccc(C(F)(F)F)c2)CCNCC1.Cl.Cl. The lowest BCUT2D eigenvalue weighted by Gasteiger charge is -2.40. The van der Waals surface area contributed by atoms with E-state index < -0.39 is 11.7 Å². The van der Waals surface area contributed by atoms with Gasteiger partial charge in [0.25, 0.3) is 0 Å². The van der Waals surface area contributed by atoms with Crippen molar-refractivity contribution in [2.24, 2.45) is 0 Å². The monoisotopic (exact) mass is 358 g/mol. The summed E-state index contributed by atoms with van der Waals surface area (Å²) >= 11 is 0. The van der Waals surface area contributed by atoms with Crippen LogP contribution in [0.2, 0.25) is 0 Å². The van der Waals surface area contributed by atoms with Gasteiger partial charge in [0, 0.05) is 12.0 Å². The molecule has 0 aromatic heterocycles. The summed E-state index contributed by atoms with van der Waals surface area (Å²) in [6.07, 6.45) is -2.54. The van der Waals surface area contributed by atoms with Crippen molar-refractivity contribution in [2.75, 3.05) is 33.7 Å². The topological polar surface area (TPSA) is 15.3 Å². The summed E-state index contributed by atoms with van der Waals surface area (Å²) in [6, 6.07) is 5.84. The van der Waals surface area contributed by atoms with Gasteiger partial charge in [-0.05, 0) is 51.7 Å². The van der Waals surface area contributed by atoms with E-state index in [-0.39, 0.29) is 30.2 Å². The first-order valence-corrected chi connectivity index (χ1v) is 6.87. The summed E-state index contributed by atoms with van der Waals surface area (Å²) in [7, 11) is 3.94.